The van der Waals surface area contributed by atoms with E-state index in [-0.39, 0.29) is 24.9 Å². The number of fused-ring (bicyclic) bond motifs is 3. The molecule has 2 aliphatic carbocycles. The van der Waals surface area contributed by atoms with Crippen molar-refractivity contribution in [3.63, 3.8) is 0 Å². The first-order valence-electron chi connectivity index (χ1n) is 12.0. The normalized spacial score (nSPS) is 16.9. The van der Waals surface area contributed by atoms with Gasteiger partial charge in [-0.15, -0.1) is 0 Å². The van der Waals surface area contributed by atoms with Gasteiger partial charge in [-0.2, -0.15) is 0 Å². The Morgan fingerprint density at radius 3 is 2.15 bits per heavy atom. The van der Waals surface area contributed by atoms with Crippen LogP contribution in [0.5, 0.6) is 0 Å². The number of rotatable bonds is 8. The van der Waals surface area contributed by atoms with Gasteiger partial charge in [0.2, 0.25) is 5.91 Å². The molecule has 7 nitrogen and oxygen atoms in total. The first-order valence-corrected chi connectivity index (χ1v) is 12.0. The molecule has 2 aliphatic rings. The van der Waals surface area contributed by atoms with Crippen LogP contribution in [0, 0.1) is 0 Å². The number of carbonyl (C=O) groups is 3. The highest BCUT2D eigenvalue weighted by molar-refractivity contribution is 5.91. The molecule has 2 N–H and O–H groups in total. The topological polar surface area (TPSA) is 95.9 Å². The maximum absolute atomic E-state index is 13.5. The molecule has 1 unspecified atom stereocenters. The zero-order chi connectivity index (χ0) is 24.3. The van der Waals surface area contributed by atoms with Gasteiger partial charge in [-0.1, -0.05) is 61.4 Å². The summed E-state index contributed by atoms with van der Waals surface area (Å²) in [4.78, 5) is 39.2. The lowest BCUT2D eigenvalue weighted by molar-refractivity contribution is -0.143. The molecular weight excluding hydrogens is 432 g/mol. The van der Waals surface area contributed by atoms with Gasteiger partial charge in [0, 0.05) is 18.5 Å². The Morgan fingerprint density at radius 1 is 1.06 bits per heavy atom. The van der Waals surface area contributed by atoms with Crippen LogP contribution < -0.4 is 5.32 Å². The Balaban J connectivity index is 1.47. The number of amides is 2. The summed E-state index contributed by atoms with van der Waals surface area (Å²) < 4.78 is 5.70. The fourth-order valence-electron chi connectivity index (χ4n) is 5.49. The fourth-order valence-corrected chi connectivity index (χ4v) is 5.49. The third-order valence-corrected chi connectivity index (χ3v) is 7.16. The summed E-state index contributed by atoms with van der Waals surface area (Å²) in [7, 11) is 0. The summed E-state index contributed by atoms with van der Waals surface area (Å²) in [5, 5.41) is 12.1. The average molecular weight is 465 g/mol. The zero-order valence-corrected chi connectivity index (χ0v) is 19.8. The van der Waals surface area contributed by atoms with Gasteiger partial charge in [-0.25, -0.2) is 4.79 Å². The van der Waals surface area contributed by atoms with Crippen molar-refractivity contribution in [1.82, 2.24) is 10.2 Å². The predicted molar refractivity (Wildman–Crippen MR) is 129 cm³/mol. The number of benzene rings is 2. The van der Waals surface area contributed by atoms with Gasteiger partial charge < -0.3 is 20.1 Å². The molecule has 1 fully saturated rings. The van der Waals surface area contributed by atoms with Crippen LogP contribution >= 0.6 is 0 Å². The summed E-state index contributed by atoms with van der Waals surface area (Å²) in [6, 6.07) is 15.8. The van der Waals surface area contributed by atoms with Gasteiger partial charge in [-0.3, -0.25) is 9.59 Å². The first kappa shape index (κ1) is 23.8. The number of nitrogens with one attached hydrogen (secondary N) is 1. The first-order chi connectivity index (χ1) is 16.4. The van der Waals surface area contributed by atoms with Crippen molar-refractivity contribution in [2.45, 2.75) is 63.5 Å². The number of aliphatic carboxylic acids is 1. The third-order valence-electron chi connectivity index (χ3n) is 7.16. The number of carboxylic acid groups (broad SMARTS) is 1. The molecule has 34 heavy (non-hydrogen) atoms. The minimum absolute atomic E-state index is 0.0592. The molecule has 0 heterocycles. The van der Waals surface area contributed by atoms with E-state index in [1.165, 1.54) is 0 Å². The number of nitrogens with zero attached hydrogens (tertiary/aromatic N) is 1. The molecule has 1 atom stereocenters. The lowest BCUT2D eigenvalue weighted by Gasteiger charge is -2.37. The molecule has 180 valence electrons. The maximum Gasteiger partial charge on any atom is 0.408 e. The van der Waals surface area contributed by atoms with Crippen LogP contribution in [0.1, 0.15) is 63.0 Å². The highest BCUT2D eigenvalue weighted by atomic mass is 16.5. The van der Waals surface area contributed by atoms with Crippen LogP contribution in [0.4, 0.5) is 4.79 Å². The molecule has 7 heteroatoms. The number of hydrogen-bond acceptors (Lipinski definition) is 4. The molecule has 0 radical (unpaired) electrons. The lowest BCUT2D eigenvalue weighted by atomic mass is 9.94. The second kappa shape index (κ2) is 9.87. The van der Waals surface area contributed by atoms with Crippen molar-refractivity contribution in [3.05, 3.63) is 59.7 Å². The second-order valence-electron chi connectivity index (χ2n) is 9.28. The second-order valence-corrected chi connectivity index (χ2v) is 9.28. The Kier molecular flexibility index (Phi) is 6.91. The predicted octanol–water partition coefficient (Wildman–Crippen LogP) is 4.55. The Morgan fingerprint density at radius 2 is 1.62 bits per heavy atom. The fraction of sp³-hybridized carbons (Fsp3) is 0.444. The highest BCUT2D eigenvalue weighted by Gasteiger charge is 2.46. The summed E-state index contributed by atoms with van der Waals surface area (Å²) in [6.07, 6.45) is 1.93. The SMILES string of the molecule is CCN(C(=O)C1(NC(=O)OCC2c3ccccc3-c3ccccc32)CCCC1)C(C)CC(=O)O. The van der Waals surface area contributed by atoms with Crippen LogP contribution in [0.2, 0.25) is 0 Å². The van der Waals surface area contributed by atoms with Crippen LogP contribution in [0.3, 0.4) is 0 Å². The summed E-state index contributed by atoms with van der Waals surface area (Å²) in [5.74, 6) is -1.24. The van der Waals surface area contributed by atoms with E-state index in [9.17, 15) is 19.5 Å². The maximum atomic E-state index is 13.5. The number of carboxylic acids is 1. The van der Waals surface area contributed by atoms with E-state index in [1.54, 1.807) is 11.8 Å². The zero-order valence-electron chi connectivity index (χ0n) is 19.8. The molecule has 4 rings (SSSR count). The quantitative estimate of drug-likeness (QED) is 0.598. The number of ether oxygens (including phenoxy) is 1. The van der Waals surface area contributed by atoms with Crippen molar-refractivity contribution in [2.24, 2.45) is 0 Å². The van der Waals surface area contributed by atoms with Gasteiger partial charge in [0.1, 0.15) is 12.1 Å². The molecule has 0 aliphatic heterocycles. The molecule has 2 aromatic rings. The molecule has 0 bridgehead atoms. The van der Waals surface area contributed by atoms with Gasteiger partial charge in [0.05, 0.1) is 6.42 Å². The van der Waals surface area contributed by atoms with Crippen molar-refractivity contribution in [3.8, 4) is 11.1 Å². The highest BCUT2D eigenvalue weighted by Crippen LogP contribution is 2.44. The summed E-state index contributed by atoms with van der Waals surface area (Å²) >= 11 is 0. The van der Waals surface area contributed by atoms with Crippen LogP contribution in [-0.2, 0) is 14.3 Å². The minimum Gasteiger partial charge on any atom is -0.481 e. The van der Waals surface area contributed by atoms with E-state index < -0.39 is 23.6 Å². The van der Waals surface area contributed by atoms with Crippen molar-refractivity contribution in [1.29, 1.82) is 0 Å². The molecular formula is C27H32N2O5. The van der Waals surface area contributed by atoms with Crippen molar-refractivity contribution >= 4 is 18.0 Å². The molecule has 0 saturated heterocycles. The standard InChI is InChI=1S/C27H32N2O5/c1-3-29(18(2)16-24(30)31)25(32)27(14-8-9-15-27)28-26(33)34-17-23-21-12-6-4-10-19(21)20-11-5-7-13-22(20)23/h4-7,10-13,18,23H,3,8-9,14-17H2,1-2H3,(H,28,33)(H,30,31). The van der Waals surface area contributed by atoms with E-state index in [1.807, 2.05) is 31.2 Å². The Hall–Kier alpha value is -3.35. The van der Waals surface area contributed by atoms with Gasteiger partial charge in [0.25, 0.3) is 0 Å². The van der Waals surface area contributed by atoms with Gasteiger partial charge in [-0.05, 0) is 48.9 Å². The van der Waals surface area contributed by atoms with Crippen LogP contribution in [-0.4, -0.2) is 52.7 Å². The van der Waals surface area contributed by atoms with E-state index in [4.69, 9.17) is 4.74 Å². The Bertz CT molecular complexity index is 1030. The van der Waals surface area contributed by atoms with Crippen molar-refractivity contribution < 1.29 is 24.2 Å². The van der Waals surface area contributed by atoms with Crippen molar-refractivity contribution in [2.75, 3.05) is 13.2 Å². The van der Waals surface area contributed by atoms with Crippen LogP contribution in [0.15, 0.2) is 48.5 Å². The Labute approximate surface area is 200 Å². The average Bonchev–Trinajstić information content (AvgIpc) is 3.41. The number of carbonyl (C=O) groups excluding carboxylic acids is 2. The molecule has 1 saturated carbocycles. The number of alkyl carbamates (subject to hydrolysis) is 1. The van der Waals surface area contributed by atoms with Gasteiger partial charge >= 0.3 is 12.1 Å². The van der Waals surface area contributed by atoms with E-state index in [0.717, 1.165) is 35.1 Å². The van der Waals surface area contributed by atoms with Gasteiger partial charge in [0.15, 0.2) is 0 Å². The molecule has 0 aromatic heterocycles. The molecule has 2 aromatic carbocycles. The molecule has 2 amide bonds. The lowest BCUT2D eigenvalue weighted by Crippen LogP contribution is -2.60. The molecule has 0 spiro atoms. The van der Waals surface area contributed by atoms with E-state index in [2.05, 4.69) is 29.6 Å². The van der Waals surface area contributed by atoms with Crippen LogP contribution in [0.25, 0.3) is 11.1 Å². The third kappa shape index (κ3) is 4.52. The number of hydrogen-bond donors (Lipinski definition) is 2. The largest absolute Gasteiger partial charge is 0.481 e. The van der Waals surface area contributed by atoms with E-state index in [0.29, 0.717) is 19.4 Å². The monoisotopic (exact) mass is 464 g/mol. The minimum atomic E-state index is -1.05. The smallest absolute Gasteiger partial charge is 0.408 e. The summed E-state index contributed by atoms with van der Waals surface area (Å²) in [5.41, 5.74) is 3.51. The number of likely N-dealkylation sites (N-methyl/N-ethyl adjacent to an activating group) is 1. The van der Waals surface area contributed by atoms with E-state index >= 15 is 0 Å². The summed E-state index contributed by atoms with van der Waals surface area (Å²) in [6.45, 7) is 4.11.